The van der Waals surface area contributed by atoms with E-state index < -0.39 is 57.3 Å². The quantitative estimate of drug-likeness (QED) is 0.118. The van der Waals surface area contributed by atoms with E-state index in [2.05, 4.69) is 0 Å². The van der Waals surface area contributed by atoms with Gasteiger partial charge in [0, 0.05) is 33.4 Å². The molecule has 6 N–H and O–H groups in total. The van der Waals surface area contributed by atoms with E-state index in [-0.39, 0.29) is 67.1 Å². The van der Waals surface area contributed by atoms with Crippen LogP contribution < -0.4 is 0 Å². The number of rotatable bonds is 5. The Bertz CT molecular complexity index is 2040. The molecule has 6 rings (SSSR count). The van der Waals surface area contributed by atoms with Gasteiger partial charge in [0.2, 0.25) is 0 Å². The van der Waals surface area contributed by atoms with Gasteiger partial charge >= 0.3 is 11.9 Å². The molecule has 4 aromatic rings. The number of carbonyl (C=O) groups excluding carboxylic acids is 2. The van der Waals surface area contributed by atoms with E-state index in [9.17, 15) is 49.8 Å². The number of carbonyl (C=O) groups is 4. The zero-order valence-electron chi connectivity index (χ0n) is 26.6. The molecular formula is C36H30O12. The normalized spacial score (nSPS) is 19.3. The molecule has 2 aliphatic rings. The van der Waals surface area contributed by atoms with Gasteiger partial charge in [-0.3, -0.25) is 9.59 Å². The van der Waals surface area contributed by atoms with Crippen molar-refractivity contribution in [2.75, 3.05) is 0 Å². The molecular weight excluding hydrogens is 624 g/mol. The Balaban J connectivity index is 1.64. The van der Waals surface area contributed by atoms with Gasteiger partial charge in [-0.25, -0.2) is 19.4 Å². The molecule has 0 bridgehead atoms. The molecule has 2 aliphatic carbocycles. The highest BCUT2D eigenvalue weighted by atomic mass is 17.2. The first-order valence-electron chi connectivity index (χ1n) is 14.7. The highest BCUT2D eigenvalue weighted by Crippen LogP contribution is 2.53. The van der Waals surface area contributed by atoms with Crippen LogP contribution in [-0.2, 0) is 21.0 Å². The molecule has 0 fully saturated rings. The van der Waals surface area contributed by atoms with Gasteiger partial charge in [0.25, 0.3) is 0 Å². The SMILES string of the molecule is Cc1ccc2c(c1O)C(=O)c1c(cc(O)c(C(=O)O)c1C)[C@@]2(C)OO[C@]1(C)c2cc(O)c(C(=O)O)c(C)c2C(=O)c2c1ccc(C)c2O. The third kappa shape index (κ3) is 4.09. The van der Waals surface area contributed by atoms with Gasteiger partial charge in [0.1, 0.15) is 34.1 Å². The number of aromatic carboxylic acids is 2. The van der Waals surface area contributed by atoms with Gasteiger partial charge < -0.3 is 30.6 Å². The van der Waals surface area contributed by atoms with Crippen molar-refractivity contribution < 1.29 is 59.6 Å². The molecule has 2 atom stereocenters. The minimum atomic E-state index is -1.85. The molecule has 0 amide bonds. The Hall–Kier alpha value is -5.72. The number of hydrogen-bond donors (Lipinski definition) is 6. The Morgan fingerprint density at radius 1 is 0.562 bits per heavy atom. The van der Waals surface area contributed by atoms with Crippen molar-refractivity contribution in [1.82, 2.24) is 0 Å². The Morgan fingerprint density at radius 3 is 1.21 bits per heavy atom. The molecule has 0 saturated heterocycles. The average molecular weight is 655 g/mol. The van der Waals surface area contributed by atoms with Crippen molar-refractivity contribution in [3.05, 3.63) is 114 Å². The second kappa shape index (κ2) is 10.4. The zero-order valence-corrected chi connectivity index (χ0v) is 26.6. The largest absolute Gasteiger partial charge is 0.507 e. The van der Waals surface area contributed by atoms with Crippen molar-refractivity contribution in [3.63, 3.8) is 0 Å². The zero-order chi connectivity index (χ0) is 35.4. The first kappa shape index (κ1) is 32.2. The summed E-state index contributed by atoms with van der Waals surface area (Å²) in [6.45, 7) is 8.79. The van der Waals surface area contributed by atoms with E-state index in [4.69, 9.17) is 9.78 Å². The summed E-state index contributed by atoms with van der Waals surface area (Å²) in [5.74, 6) is -6.48. The summed E-state index contributed by atoms with van der Waals surface area (Å²) in [5, 5.41) is 63.6. The van der Waals surface area contributed by atoms with E-state index in [0.29, 0.717) is 11.1 Å². The van der Waals surface area contributed by atoms with Gasteiger partial charge in [-0.2, -0.15) is 0 Å². The molecule has 0 heterocycles. The standard InChI is InChI=1S/C36H30O12/c1-13-7-9-17-27(29(13)39)31(41)23-15(3)25(33(43)44)21(37)11-19(23)35(17,5)47-48-36(6)18-10-8-14(2)30(40)28(18)32(42)24-16(4)26(34(45)46)22(38)12-20(24)36/h7-12,37-40H,1-6H3,(H,43,44)(H,45,46)/t35-,36-/m0/s1. The molecule has 0 aromatic heterocycles. The maximum Gasteiger partial charge on any atom is 0.339 e. The first-order chi connectivity index (χ1) is 22.4. The van der Waals surface area contributed by atoms with E-state index >= 15 is 0 Å². The predicted molar refractivity (Wildman–Crippen MR) is 167 cm³/mol. The lowest BCUT2D eigenvalue weighted by Gasteiger charge is -2.42. The summed E-state index contributed by atoms with van der Waals surface area (Å²) < 4.78 is 0. The van der Waals surface area contributed by atoms with Crippen LogP contribution in [0.2, 0.25) is 0 Å². The van der Waals surface area contributed by atoms with E-state index in [1.165, 1.54) is 52.0 Å². The topological polar surface area (TPSA) is 208 Å². The number of phenols is 4. The van der Waals surface area contributed by atoms with Crippen molar-refractivity contribution in [2.24, 2.45) is 0 Å². The highest BCUT2D eigenvalue weighted by Gasteiger charge is 2.51. The van der Waals surface area contributed by atoms with Gasteiger partial charge in [0.05, 0.1) is 11.1 Å². The van der Waals surface area contributed by atoms with Crippen LogP contribution in [0, 0.1) is 27.7 Å². The number of carboxylic acids is 2. The van der Waals surface area contributed by atoms with E-state index in [0.717, 1.165) is 12.1 Å². The number of aryl methyl sites for hydroxylation is 2. The fourth-order valence-electron chi connectivity index (χ4n) is 7.01. The minimum Gasteiger partial charge on any atom is -0.507 e. The summed E-state index contributed by atoms with van der Waals surface area (Å²) in [6.07, 6.45) is 0. The fourth-order valence-corrected chi connectivity index (χ4v) is 7.01. The number of hydrogen-bond acceptors (Lipinski definition) is 10. The number of carboxylic acid groups (broad SMARTS) is 2. The van der Waals surface area contributed by atoms with Crippen molar-refractivity contribution >= 4 is 23.5 Å². The summed E-state index contributed by atoms with van der Waals surface area (Å²) in [5.41, 5.74) is -4.67. The van der Waals surface area contributed by atoms with E-state index in [1.807, 2.05) is 0 Å². The monoisotopic (exact) mass is 654 g/mol. The molecule has 4 aromatic carbocycles. The maximum absolute atomic E-state index is 14.0. The molecule has 12 nitrogen and oxygen atoms in total. The third-order valence-electron chi connectivity index (χ3n) is 9.64. The summed E-state index contributed by atoms with van der Waals surface area (Å²) in [7, 11) is 0. The molecule has 12 heteroatoms. The predicted octanol–water partition coefficient (Wildman–Crippen LogP) is 5.40. The lowest BCUT2D eigenvalue weighted by molar-refractivity contribution is -0.399. The lowest BCUT2D eigenvalue weighted by Crippen LogP contribution is -2.42. The fraction of sp³-hybridized carbons (Fsp3) is 0.222. The number of ketones is 2. The van der Waals surface area contributed by atoms with Crippen LogP contribution in [0.1, 0.15) is 111 Å². The second-order valence-corrected chi connectivity index (χ2v) is 12.4. The minimum absolute atomic E-state index is 0.00573. The van der Waals surface area contributed by atoms with Crippen LogP contribution in [0.25, 0.3) is 0 Å². The van der Waals surface area contributed by atoms with Gasteiger partial charge in [-0.05, 0) is 75.9 Å². The molecule has 0 saturated carbocycles. The van der Waals surface area contributed by atoms with Gasteiger partial charge in [0.15, 0.2) is 22.8 Å². The van der Waals surface area contributed by atoms with Gasteiger partial charge in [-0.15, -0.1) is 0 Å². The van der Waals surface area contributed by atoms with Crippen LogP contribution in [-0.4, -0.2) is 54.1 Å². The molecule has 48 heavy (non-hydrogen) atoms. The molecule has 0 radical (unpaired) electrons. The van der Waals surface area contributed by atoms with Crippen molar-refractivity contribution in [3.8, 4) is 23.0 Å². The highest BCUT2D eigenvalue weighted by molar-refractivity contribution is 6.18. The molecule has 0 spiro atoms. The van der Waals surface area contributed by atoms with E-state index in [1.54, 1.807) is 13.8 Å². The second-order valence-electron chi connectivity index (χ2n) is 12.4. The smallest absolute Gasteiger partial charge is 0.339 e. The van der Waals surface area contributed by atoms with Crippen molar-refractivity contribution in [2.45, 2.75) is 52.7 Å². The number of aromatic hydroxyl groups is 4. The lowest BCUT2D eigenvalue weighted by atomic mass is 9.71. The van der Waals surface area contributed by atoms with Crippen LogP contribution in [0.15, 0.2) is 36.4 Å². The molecule has 246 valence electrons. The summed E-state index contributed by atoms with van der Waals surface area (Å²) in [4.78, 5) is 64.7. The Labute approximate surface area is 273 Å². The first-order valence-corrected chi connectivity index (χ1v) is 14.7. The number of fused-ring (bicyclic) bond motifs is 4. The average Bonchev–Trinajstić information content (AvgIpc) is 2.99. The van der Waals surface area contributed by atoms with Crippen LogP contribution in [0.4, 0.5) is 0 Å². The number of phenolic OH excluding ortho intramolecular Hbond substituents is 2. The third-order valence-corrected chi connectivity index (χ3v) is 9.64. The summed E-state index contributed by atoms with van der Waals surface area (Å²) in [6, 6.07) is 8.26. The number of benzene rings is 4. The Morgan fingerprint density at radius 2 is 0.896 bits per heavy atom. The Kier molecular flexibility index (Phi) is 6.98. The maximum atomic E-state index is 14.0. The van der Waals surface area contributed by atoms with Crippen LogP contribution in [0.5, 0.6) is 23.0 Å². The van der Waals surface area contributed by atoms with Crippen LogP contribution >= 0.6 is 0 Å². The molecule has 0 aliphatic heterocycles. The van der Waals surface area contributed by atoms with Crippen LogP contribution in [0.3, 0.4) is 0 Å². The van der Waals surface area contributed by atoms with Crippen molar-refractivity contribution in [1.29, 1.82) is 0 Å². The molecule has 0 unspecified atom stereocenters. The summed E-state index contributed by atoms with van der Waals surface area (Å²) >= 11 is 0. The van der Waals surface area contributed by atoms with Gasteiger partial charge in [-0.1, -0.05) is 24.3 Å².